The van der Waals surface area contributed by atoms with Crippen molar-refractivity contribution in [3.05, 3.63) is 66.1 Å². The lowest BCUT2D eigenvalue weighted by Crippen LogP contribution is -2.19. The molecule has 1 aliphatic heterocycles. The summed E-state index contributed by atoms with van der Waals surface area (Å²) >= 11 is 0. The molecule has 1 aliphatic rings. The standard InChI is InChI=1S/C28H28FN7O/c1-36(2)11-12-37-21-14-19(13-20(29)16-21)22-7-10-31-27-25(22)32-28(33-27)26-23-15-18(3-4-24(23)34-35-26)17-5-8-30-9-6-17/h3-5,7,10,13-16,30H,6,8-9,11-12H2,1-2H3,(H,34,35)(H,31,32,33). The van der Waals surface area contributed by atoms with Crippen molar-refractivity contribution in [2.24, 2.45) is 0 Å². The monoisotopic (exact) mass is 497 g/mol. The smallest absolute Gasteiger partial charge is 0.178 e. The van der Waals surface area contributed by atoms with E-state index in [4.69, 9.17) is 9.72 Å². The van der Waals surface area contributed by atoms with Crippen LogP contribution in [0, 0.1) is 5.82 Å². The number of pyridine rings is 1. The van der Waals surface area contributed by atoms with Crippen LogP contribution < -0.4 is 10.1 Å². The van der Waals surface area contributed by atoms with E-state index in [1.165, 1.54) is 23.3 Å². The van der Waals surface area contributed by atoms with Gasteiger partial charge in [0, 0.05) is 36.3 Å². The molecule has 0 spiro atoms. The summed E-state index contributed by atoms with van der Waals surface area (Å²) in [7, 11) is 3.94. The van der Waals surface area contributed by atoms with Crippen LogP contribution in [0.25, 0.3) is 50.3 Å². The number of hydrogen-bond acceptors (Lipinski definition) is 6. The first kappa shape index (κ1) is 23.3. The van der Waals surface area contributed by atoms with Gasteiger partial charge >= 0.3 is 0 Å². The summed E-state index contributed by atoms with van der Waals surface area (Å²) in [6.45, 7) is 3.06. The average molecular weight is 498 g/mol. The van der Waals surface area contributed by atoms with Crippen molar-refractivity contribution < 1.29 is 9.13 Å². The molecule has 0 aliphatic carbocycles. The van der Waals surface area contributed by atoms with E-state index in [1.807, 2.05) is 31.1 Å². The summed E-state index contributed by atoms with van der Waals surface area (Å²) in [5.74, 6) is 0.733. The van der Waals surface area contributed by atoms with Gasteiger partial charge in [0.15, 0.2) is 11.5 Å². The molecular weight excluding hydrogens is 469 g/mol. The van der Waals surface area contributed by atoms with Crippen LogP contribution in [-0.4, -0.2) is 70.4 Å². The van der Waals surface area contributed by atoms with Gasteiger partial charge in [-0.15, -0.1) is 0 Å². The van der Waals surface area contributed by atoms with Gasteiger partial charge in [-0.05, 0) is 74.1 Å². The van der Waals surface area contributed by atoms with Crippen LogP contribution in [0.1, 0.15) is 12.0 Å². The van der Waals surface area contributed by atoms with E-state index in [9.17, 15) is 4.39 Å². The first-order chi connectivity index (χ1) is 18.0. The molecule has 9 heteroatoms. The molecule has 4 heterocycles. The summed E-state index contributed by atoms with van der Waals surface area (Å²) in [5, 5.41) is 12.0. The summed E-state index contributed by atoms with van der Waals surface area (Å²) < 4.78 is 20.3. The van der Waals surface area contributed by atoms with Gasteiger partial charge in [-0.1, -0.05) is 12.1 Å². The molecule has 6 rings (SSSR count). The molecule has 0 bridgehead atoms. The Morgan fingerprint density at radius 1 is 1.08 bits per heavy atom. The quantitative estimate of drug-likeness (QED) is 0.304. The van der Waals surface area contributed by atoms with Crippen molar-refractivity contribution in [2.45, 2.75) is 6.42 Å². The number of H-pyrrole nitrogens is 2. The molecule has 0 amide bonds. The van der Waals surface area contributed by atoms with Gasteiger partial charge in [0.05, 0.1) is 11.0 Å². The number of nitrogens with one attached hydrogen (secondary N) is 3. The second kappa shape index (κ2) is 9.76. The number of halogens is 1. The first-order valence-corrected chi connectivity index (χ1v) is 12.4. The predicted octanol–water partition coefficient (Wildman–Crippen LogP) is 4.62. The van der Waals surface area contributed by atoms with E-state index in [2.05, 4.69) is 49.8 Å². The third-order valence-electron chi connectivity index (χ3n) is 6.60. The van der Waals surface area contributed by atoms with Gasteiger partial charge in [0.25, 0.3) is 0 Å². The molecule has 0 fully saturated rings. The Kier molecular flexibility index (Phi) is 6.15. The zero-order valence-corrected chi connectivity index (χ0v) is 20.8. The molecule has 3 aromatic heterocycles. The van der Waals surface area contributed by atoms with Crippen LogP contribution >= 0.6 is 0 Å². The number of benzene rings is 2. The SMILES string of the molecule is CN(C)CCOc1cc(F)cc(-c2ccnc3nc(-c4n[nH]c5ccc(C6=CCNCC6)cc45)[nH]c23)c1. The van der Waals surface area contributed by atoms with Gasteiger partial charge in [-0.2, -0.15) is 5.10 Å². The van der Waals surface area contributed by atoms with Crippen LogP contribution in [0.15, 0.2) is 54.7 Å². The third kappa shape index (κ3) is 4.71. The Bertz CT molecular complexity index is 1620. The number of ether oxygens (including phenoxy) is 1. The molecular formula is C28H28FN7O. The van der Waals surface area contributed by atoms with Crippen molar-refractivity contribution in [2.75, 3.05) is 40.3 Å². The maximum atomic E-state index is 14.5. The lowest BCUT2D eigenvalue weighted by molar-refractivity contribution is 0.260. The number of nitrogens with zero attached hydrogens (tertiary/aromatic N) is 4. The number of hydrogen-bond donors (Lipinski definition) is 3. The van der Waals surface area contributed by atoms with E-state index in [1.54, 1.807) is 6.20 Å². The normalized spacial score (nSPS) is 14.0. The van der Waals surface area contributed by atoms with Crippen molar-refractivity contribution >= 4 is 27.6 Å². The number of aromatic amines is 2. The number of aromatic nitrogens is 5. The van der Waals surface area contributed by atoms with E-state index < -0.39 is 0 Å². The van der Waals surface area contributed by atoms with E-state index in [0.29, 0.717) is 29.4 Å². The lowest BCUT2D eigenvalue weighted by Gasteiger charge is -2.14. The fourth-order valence-corrected chi connectivity index (χ4v) is 4.69. The van der Waals surface area contributed by atoms with Gasteiger partial charge in [0.1, 0.15) is 23.9 Å². The number of likely N-dealkylation sites (N-methyl/N-ethyl adjacent to an activating group) is 1. The maximum absolute atomic E-state index is 14.5. The molecule has 0 radical (unpaired) electrons. The van der Waals surface area contributed by atoms with Gasteiger partial charge in [0.2, 0.25) is 0 Å². The van der Waals surface area contributed by atoms with Crippen molar-refractivity contribution in [3.8, 4) is 28.4 Å². The fraction of sp³-hybridized carbons (Fsp3) is 0.250. The Balaban J connectivity index is 1.39. The van der Waals surface area contributed by atoms with Crippen molar-refractivity contribution in [1.29, 1.82) is 0 Å². The second-order valence-corrected chi connectivity index (χ2v) is 9.49. The molecule has 37 heavy (non-hydrogen) atoms. The first-order valence-electron chi connectivity index (χ1n) is 12.4. The minimum atomic E-state index is -0.361. The number of fused-ring (bicyclic) bond motifs is 2. The molecule has 8 nitrogen and oxygen atoms in total. The topological polar surface area (TPSA) is 94.8 Å². The highest BCUT2D eigenvalue weighted by molar-refractivity contribution is 5.97. The molecule has 5 aromatic rings. The maximum Gasteiger partial charge on any atom is 0.178 e. The fourth-order valence-electron chi connectivity index (χ4n) is 4.69. The van der Waals surface area contributed by atoms with Crippen LogP contribution in [0.2, 0.25) is 0 Å². The highest BCUT2D eigenvalue weighted by Gasteiger charge is 2.17. The summed E-state index contributed by atoms with van der Waals surface area (Å²) in [6.07, 6.45) is 4.91. The summed E-state index contributed by atoms with van der Waals surface area (Å²) in [5.41, 5.74) is 6.92. The molecule has 3 N–H and O–H groups in total. The third-order valence-corrected chi connectivity index (χ3v) is 6.60. The Morgan fingerprint density at radius 2 is 2.00 bits per heavy atom. The summed E-state index contributed by atoms with van der Waals surface area (Å²) in [6, 6.07) is 12.9. The minimum absolute atomic E-state index is 0.361. The lowest BCUT2D eigenvalue weighted by atomic mass is 9.98. The molecule has 0 unspecified atom stereocenters. The zero-order chi connectivity index (χ0) is 25.4. The largest absolute Gasteiger partial charge is 0.492 e. The predicted molar refractivity (Wildman–Crippen MR) is 144 cm³/mol. The molecule has 0 saturated heterocycles. The van der Waals surface area contributed by atoms with Crippen LogP contribution in [0.3, 0.4) is 0 Å². The van der Waals surface area contributed by atoms with E-state index in [-0.39, 0.29) is 5.82 Å². The minimum Gasteiger partial charge on any atom is -0.492 e. The Hall–Kier alpha value is -4.08. The second-order valence-electron chi connectivity index (χ2n) is 9.49. The highest BCUT2D eigenvalue weighted by Crippen LogP contribution is 2.33. The molecule has 188 valence electrons. The highest BCUT2D eigenvalue weighted by atomic mass is 19.1. The summed E-state index contributed by atoms with van der Waals surface area (Å²) in [4.78, 5) is 14.6. The molecule has 0 saturated carbocycles. The number of imidazole rings is 1. The Morgan fingerprint density at radius 3 is 2.84 bits per heavy atom. The van der Waals surface area contributed by atoms with Crippen LogP contribution in [-0.2, 0) is 0 Å². The average Bonchev–Trinajstić information content (AvgIpc) is 3.52. The van der Waals surface area contributed by atoms with E-state index >= 15 is 0 Å². The van der Waals surface area contributed by atoms with Crippen molar-refractivity contribution in [3.63, 3.8) is 0 Å². The van der Waals surface area contributed by atoms with Gasteiger partial charge < -0.3 is 19.9 Å². The van der Waals surface area contributed by atoms with Crippen LogP contribution in [0.4, 0.5) is 4.39 Å². The van der Waals surface area contributed by atoms with Gasteiger partial charge in [-0.25, -0.2) is 14.4 Å². The number of rotatable bonds is 7. The zero-order valence-electron chi connectivity index (χ0n) is 20.8. The molecule has 2 aromatic carbocycles. The van der Waals surface area contributed by atoms with Gasteiger partial charge in [-0.3, -0.25) is 5.10 Å². The Labute approximate surface area is 213 Å². The van der Waals surface area contributed by atoms with Crippen LogP contribution in [0.5, 0.6) is 5.75 Å². The molecule has 0 atom stereocenters. The van der Waals surface area contributed by atoms with Crippen molar-refractivity contribution in [1.82, 2.24) is 35.4 Å². The van der Waals surface area contributed by atoms with E-state index in [0.717, 1.165) is 53.7 Å².